The van der Waals surface area contributed by atoms with Crippen LogP contribution in [0.25, 0.3) is 0 Å². The number of carboxylic acids is 1. The third-order valence-electron chi connectivity index (χ3n) is 4.35. The maximum absolute atomic E-state index is 12.7. The predicted molar refractivity (Wildman–Crippen MR) is 98.0 cm³/mol. The average molecular weight is 378 g/mol. The fraction of sp³-hybridized carbons (Fsp3) is 0.526. The number of hydrogen-bond acceptors (Lipinski definition) is 5. The van der Waals surface area contributed by atoms with Crippen molar-refractivity contribution in [2.75, 3.05) is 26.8 Å². The lowest BCUT2D eigenvalue weighted by molar-refractivity contribution is -0.143. The summed E-state index contributed by atoms with van der Waals surface area (Å²) in [6, 6.07) is 4.80. The molecule has 1 aliphatic heterocycles. The molecule has 0 bridgehead atoms. The molecular weight excluding hydrogens is 352 g/mol. The zero-order chi connectivity index (χ0) is 20.0. The van der Waals surface area contributed by atoms with Gasteiger partial charge in [0, 0.05) is 24.7 Å². The Kier molecular flexibility index (Phi) is 7.04. The molecule has 0 spiro atoms. The fourth-order valence-corrected chi connectivity index (χ4v) is 2.94. The van der Waals surface area contributed by atoms with E-state index in [4.69, 9.17) is 14.6 Å². The minimum Gasteiger partial charge on any atom is -0.493 e. The largest absolute Gasteiger partial charge is 0.493 e. The molecule has 2 rings (SSSR count). The molecule has 27 heavy (non-hydrogen) atoms. The summed E-state index contributed by atoms with van der Waals surface area (Å²) in [5.41, 5.74) is 0.430. The van der Waals surface area contributed by atoms with E-state index in [1.807, 2.05) is 13.8 Å². The molecule has 1 heterocycles. The van der Waals surface area contributed by atoms with Gasteiger partial charge in [-0.2, -0.15) is 0 Å². The van der Waals surface area contributed by atoms with Gasteiger partial charge in [0.05, 0.1) is 13.0 Å². The van der Waals surface area contributed by atoms with Gasteiger partial charge < -0.3 is 24.8 Å². The van der Waals surface area contributed by atoms with E-state index in [1.165, 1.54) is 7.11 Å². The van der Waals surface area contributed by atoms with Gasteiger partial charge in [0.15, 0.2) is 18.1 Å². The minimum absolute atomic E-state index is 0.0215. The predicted octanol–water partition coefficient (Wildman–Crippen LogP) is 1.54. The highest BCUT2D eigenvalue weighted by Crippen LogP contribution is 2.29. The second-order valence-corrected chi connectivity index (χ2v) is 6.78. The number of aliphatic carboxylic acids is 1. The van der Waals surface area contributed by atoms with E-state index in [9.17, 15) is 14.4 Å². The van der Waals surface area contributed by atoms with Gasteiger partial charge in [-0.3, -0.25) is 14.4 Å². The lowest BCUT2D eigenvalue weighted by Gasteiger charge is -2.30. The number of likely N-dealkylation sites (tertiary alicyclic amines) is 1. The van der Waals surface area contributed by atoms with Gasteiger partial charge in [0.2, 0.25) is 0 Å². The van der Waals surface area contributed by atoms with Crippen LogP contribution in [0, 0.1) is 5.92 Å². The quantitative estimate of drug-likeness (QED) is 0.746. The molecule has 2 N–H and O–H groups in total. The number of hydrogen-bond donors (Lipinski definition) is 2. The van der Waals surface area contributed by atoms with Crippen molar-refractivity contribution in [3.05, 3.63) is 23.8 Å². The van der Waals surface area contributed by atoms with Crippen LogP contribution in [-0.2, 0) is 9.59 Å². The SMILES string of the molecule is COc1cc(C(=O)N2CCC(C(=O)O)CC2)ccc1OCC(=O)NC(C)C. The number of carbonyl (C=O) groups is 3. The van der Waals surface area contributed by atoms with Gasteiger partial charge in [-0.25, -0.2) is 0 Å². The van der Waals surface area contributed by atoms with Crippen LogP contribution in [0.3, 0.4) is 0 Å². The maximum Gasteiger partial charge on any atom is 0.306 e. The summed E-state index contributed by atoms with van der Waals surface area (Å²) in [7, 11) is 1.46. The minimum atomic E-state index is -0.813. The maximum atomic E-state index is 12.7. The Balaban J connectivity index is 2.01. The number of methoxy groups -OCH3 is 1. The highest BCUT2D eigenvalue weighted by Gasteiger charge is 2.27. The number of carboxylic acid groups (broad SMARTS) is 1. The average Bonchev–Trinajstić information content (AvgIpc) is 2.65. The smallest absolute Gasteiger partial charge is 0.306 e. The Morgan fingerprint density at radius 3 is 2.44 bits per heavy atom. The van der Waals surface area contributed by atoms with Crippen LogP contribution >= 0.6 is 0 Å². The van der Waals surface area contributed by atoms with E-state index in [0.717, 1.165) is 0 Å². The molecule has 1 aromatic carbocycles. The first-order chi connectivity index (χ1) is 12.8. The van der Waals surface area contributed by atoms with Gasteiger partial charge in [0.25, 0.3) is 11.8 Å². The Morgan fingerprint density at radius 1 is 1.22 bits per heavy atom. The molecule has 148 valence electrons. The van der Waals surface area contributed by atoms with E-state index >= 15 is 0 Å². The number of carbonyl (C=O) groups excluding carboxylic acids is 2. The van der Waals surface area contributed by atoms with Gasteiger partial charge in [-0.05, 0) is 44.9 Å². The topological polar surface area (TPSA) is 105 Å². The lowest BCUT2D eigenvalue weighted by Crippen LogP contribution is -2.40. The van der Waals surface area contributed by atoms with Crippen molar-refractivity contribution >= 4 is 17.8 Å². The van der Waals surface area contributed by atoms with Crippen molar-refractivity contribution in [1.82, 2.24) is 10.2 Å². The molecule has 0 unspecified atom stereocenters. The van der Waals surface area contributed by atoms with Crippen LogP contribution in [0.4, 0.5) is 0 Å². The fourth-order valence-electron chi connectivity index (χ4n) is 2.94. The molecule has 0 radical (unpaired) electrons. The Bertz CT molecular complexity index is 695. The molecular formula is C19H26N2O6. The Hall–Kier alpha value is -2.77. The number of amides is 2. The van der Waals surface area contributed by atoms with Crippen LogP contribution in [0.15, 0.2) is 18.2 Å². The Morgan fingerprint density at radius 2 is 1.89 bits per heavy atom. The van der Waals surface area contributed by atoms with E-state index in [1.54, 1.807) is 23.1 Å². The van der Waals surface area contributed by atoms with E-state index < -0.39 is 11.9 Å². The van der Waals surface area contributed by atoms with Crippen LogP contribution in [-0.4, -0.2) is 60.6 Å². The first-order valence-corrected chi connectivity index (χ1v) is 8.94. The zero-order valence-corrected chi connectivity index (χ0v) is 15.9. The summed E-state index contributed by atoms with van der Waals surface area (Å²) in [5, 5.41) is 11.8. The van der Waals surface area contributed by atoms with Crippen LogP contribution in [0.2, 0.25) is 0 Å². The van der Waals surface area contributed by atoms with E-state index in [2.05, 4.69) is 5.32 Å². The molecule has 1 fully saturated rings. The molecule has 0 saturated carbocycles. The first-order valence-electron chi connectivity index (χ1n) is 8.94. The molecule has 8 nitrogen and oxygen atoms in total. The van der Waals surface area contributed by atoms with Crippen molar-refractivity contribution < 1.29 is 29.0 Å². The van der Waals surface area contributed by atoms with Crippen molar-refractivity contribution in [2.24, 2.45) is 5.92 Å². The molecule has 0 aliphatic carbocycles. The summed E-state index contributed by atoms with van der Waals surface area (Å²) in [4.78, 5) is 37.0. The van der Waals surface area contributed by atoms with Crippen LogP contribution in [0.1, 0.15) is 37.0 Å². The molecule has 2 amide bonds. The van der Waals surface area contributed by atoms with Crippen LogP contribution < -0.4 is 14.8 Å². The van der Waals surface area contributed by atoms with Crippen molar-refractivity contribution in [3.63, 3.8) is 0 Å². The summed E-state index contributed by atoms with van der Waals surface area (Å²) in [5.74, 6) is -0.894. The molecule has 0 atom stereocenters. The second kappa shape index (κ2) is 9.25. The number of benzene rings is 1. The van der Waals surface area contributed by atoms with Crippen molar-refractivity contribution in [1.29, 1.82) is 0 Å². The van der Waals surface area contributed by atoms with Gasteiger partial charge >= 0.3 is 5.97 Å². The number of nitrogens with one attached hydrogen (secondary N) is 1. The molecule has 0 aromatic heterocycles. The normalized spacial score (nSPS) is 14.7. The van der Waals surface area contributed by atoms with Gasteiger partial charge in [0.1, 0.15) is 0 Å². The number of rotatable bonds is 7. The van der Waals surface area contributed by atoms with Gasteiger partial charge in [-0.1, -0.05) is 0 Å². The highest BCUT2D eigenvalue weighted by molar-refractivity contribution is 5.95. The monoisotopic (exact) mass is 378 g/mol. The number of ether oxygens (including phenoxy) is 2. The summed E-state index contributed by atoms with van der Waals surface area (Å²) in [6.45, 7) is 4.39. The standard InChI is InChI=1S/C19H26N2O6/c1-12(2)20-17(22)11-27-15-5-4-14(10-16(15)26-3)18(23)21-8-6-13(7-9-21)19(24)25/h4-5,10,12-13H,6-9,11H2,1-3H3,(H,20,22)(H,24,25). The zero-order valence-electron chi connectivity index (χ0n) is 15.9. The molecule has 1 aromatic rings. The Labute approximate surface area is 158 Å². The van der Waals surface area contributed by atoms with Crippen molar-refractivity contribution in [3.8, 4) is 11.5 Å². The summed E-state index contributed by atoms with van der Waals surface area (Å²) < 4.78 is 10.8. The summed E-state index contributed by atoms with van der Waals surface area (Å²) >= 11 is 0. The van der Waals surface area contributed by atoms with Crippen LogP contribution in [0.5, 0.6) is 11.5 Å². The van der Waals surface area contributed by atoms with Crippen molar-refractivity contribution in [2.45, 2.75) is 32.7 Å². The van der Waals surface area contributed by atoms with E-state index in [-0.39, 0.29) is 24.5 Å². The highest BCUT2D eigenvalue weighted by atomic mass is 16.5. The second-order valence-electron chi connectivity index (χ2n) is 6.78. The third kappa shape index (κ3) is 5.60. The molecule has 1 aliphatic rings. The molecule has 1 saturated heterocycles. The van der Waals surface area contributed by atoms with E-state index in [0.29, 0.717) is 43.0 Å². The molecule has 8 heteroatoms. The number of piperidine rings is 1. The summed E-state index contributed by atoms with van der Waals surface area (Å²) in [6.07, 6.45) is 0.898. The van der Waals surface area contributed by atoms with Gasteiger partial charge in [-0.15, -0.1) is 0 Å². The third-order valence-corrected chi connectivity index (χ3v) is 4.35. The first kappa shape index (κ1) is 20.5. The lowest BCUT2D eigenvalue weighted by atomic mass is 9.96. The number of nitrogens with zero attached hydrogens (tertiary/aromatic N) is 1.